The van der Waals surface area contributed by atoms with Crippen molar-refractivity contribution >= 4 is 51.7 Å². The summed E-state index contributed by atoms with van der Waals surface area (Å²) in [7, 11) is 0. The lowest BCUT2D eigenvalue weighted by molar-refractivity contribution is -0.119. The molecular weight excluding hydrogens is 404 g/mol. The molecule has 0 fully saturated rings. The molecule has 2 heterocycles. The van der Waals surface area contributed by atoms with Crippen LogP contribution in [0.4, 0.5) is 11.1 Å². The summed E-state index contributed by atoms with van der Waals surface area (Å²) >= 11 is 8.79. The lowest BCUT2D eigenvalue weighted by Crippen LogP contribution is -2.27. The van der Waals surface area contributed by atoms with Crippen LogP contribution in [0.25, 0.3) is 11.3 Å². The number of carbonyl (C=O) groups is 1. The third kappa shape index (κ3) is 4.42. The van der Waals surface area contributed by atoms with E-state index in [0.717, 1.165) is 17.0 Å². The molecule has 1 atom stereocenters. The van der Waals surface area contributed by atoms with Crippen molar-refractivity contribution in [3.05, 3.63) is 34.7 Å². The molecule has 7 nitrogen and oxygen atoms in total. The molecular formula is C17H19ClN6OS2. The van der Waals surface area contributed by atoms with Crippen LogP contribution in [-0.4, -0.2) is 31.4 Å². The summed E-state index contributed by atoms with van der Waals surface area (Å²) in [5.74, 6) is 0.848. The Balaban J connectivity index is 1.78. The Morgan fingerprint density at radius 3 is 2.74 bits per heavy atom. The second-order valence-electron chi connectivity index (χ2n) is 5.60. The number of thiazole rings is 1. The minimum atomic E-state index is -0.503. The lowest BCUT2D eigenvalue weighted by atomic mass is 10.2. The van der Waals surface area contributed by atoms with Gasteiger partial charge in [0, 0.05) is 16.0 Å². The number of benzene rings is 1. The van der Waals surface area contributed by atoms with Crippen molar-refractivity contribution in [3.8, 4) is 11.3 Å². The van der Waals surface area contributed by atoms with Gasteiger partial charge in [0.1, 0.15) is 6.04 Å². The smallest absolute Gasteiger partial charge is 0.249 e. The van der Waals surface area contributed by atoms with Crippen molar-refractivity contribution in [1.82, 2.24) is 19.7 Å². The summed E-state index contributed by atoms with van der Waals surface area (Å²) in [6, 6.07) is 6.90. The molecule has 3 N–H and O–H groups in total. The molecule has 0 aliphatic carbocycles. The number of amides is 1. The second kappa shape index (κ2) is 8.73. The predicted octanol–water partition coefficient (Wildman–Crippen LogP) is 4.34. The lowest BCUT2D eigenvalue weighted by Gasteiger charge is -2.18. The average Bonchev–Trinajstić information content (AvgIpc) is 3.25. The fourth-order valence-corrected chi connectivity index (χ4v) is 4.13. The van der Waals surface area contributed by atoms with Crippen LogP contribution in [0.3, 0.4) is 0 Å². The van der Waals surface area contributed by atoms with E-state index < -0.39 is 6.04 Å². The van der Waals surface area contributed by atoms with Crippen molar-refractivity contribution in [2.75, 3.05) is 16.8 Å². The van der Waals surface area contributed by atoms with Crippen LogP contribution >= 0.6 is 34.7 Å². The third-order valence-corrected chi connectivity index (χ3v) is 5.67. The van der Waals surface area contributed by atoms with Crippen molar-refractivity contribution in [2.24, 2.45) is 0 Å². The number of thioether (sulfide) groups is 1. The molecule has 3 aromatic rings. The van der Waals surface area contributed by atoms with Crippen LogP contribution in [0.15, 0.2) is 34.8 Å². The summed E-state index contributed by atoms with van der Waals surface area (Å²) in [5.41, 5.74) is 7.67. The summed E-state index contributed by atoms with van der Waals surface area (Å²) in [6.07, 6.45) is 0.556. The Bertz CT molecular complexity index is 924. The molecule has 0 saturated carbocycles. The normalized spacial score (nSPS) is 12.1. The van der Waals surface area contributed by atoms with E-state index in [1.807, 2.05) is 43.5 Å². The van der Waals surface area contributed by atoms with Gasteiger partial charge >= 0.3 is 0 Å². The zero-order valence-electron chi connectivity index (χ0n) is 14.8. The molecule has 1 unspecified atom stereocenters. The molecule has 3 rings (SSSR count). The molecule has 10 heteroatoms. The van der Waals surface area contributed by atoms with E-state index in [1.54, 1.807) is 4.57 Å². The first-order valence-electron chi connectivity index (χ1n) is 8.39. The SMILES string of the molecule is CCSc1nnc(N)n1C(CC)C(=O)Nc1nc(-c2ccc(Cl)cc2)cs1. The maximum atomic E-state index is 12.8. The van der Waals surface area contributed by atoms with Crippen LogP contribution < -0.4 is 11.1 Å². The van der Waals surface area contributed by atoms with Gasteiger partial charge in [-0.1, -0.05) is 49.3 Å². The van der Waals surface area contributed by atoms with Crippen LogP contribution in [0.5, 0.6) is 0 Å². The van der Waals surface area contributed by atoms with Gasteiger partial charge in [-0.3, -0.25) is 9.36 Å². The van der Waals surface area contributed by atoms with Crippen LogP contribution in [-0.2, 0) is 4.79 Å². The molecule has 0 spiro atoms. The summed E-state index contributed by atoms with van der Waals surface area (Å²) in [6.45, 7) is 3.93. The van der Waals surface area contributed by atoms with E-state index in [9.17, 15) is 4.79 Å². The molecule has 142 valence electrons. The average molecular weight is 423 g/mol. The van der Waals surface area contributed by atoms with E-state index in [-0.39, 0.29) is 11.9 Å². The second-order valence-corrected chi connectivity index (χ2v) is 8.13. The third-order valence-electron chi connectivity index (χ3n) is 3.84. The van der Waals surface area contributed by atoms with E-state index in [2.05, 4.69) is 20.5 Å². The Hall–Kier alpha value is -2.10. The number of anilines is 2. The van der Waals surface area contributed by atoms with Crippen molar-refractivity contribution < 1.29 is 4.79 Å². The number of nitrogen functional groups attached to an aromatic ring is 1. The van der Waals surface area contributed by atoms with Gasteiger partial charge in [-0.25, -0.2) is 4.98 Å². The minimum absolute atomic E-state index is 0.195. The predicted molar refractivity (Wildman–Crippen MR) is 111 cm³/mol. The number of aromatic nitrogens is 4. The van der Waals surface area contributed by atoms with Crippen LogP contribution in [0.1, 0.15) is 26.3 Å². The van der Waals surface area contributed by atoms with Gasteiger partial charge in [0.05, 0.1) is 5.69 Å². The maximum Gasteiger partial charge on any atom is 0.249 e. The van der Waals surface area contributed by atoms with E-state index in [4.69, 9.17) is 17.3 Å². The molecule has 2 aromatic heterocycles. The molecule has 0 aliphatic rings. The van der Waals surface area contributed by atoms with Gasteiger partial charge in [-0.2, -0.15) is 0 Å². The molecule has 0 radical (unpaired) electrons. The molecule has 1 aromatic carbocycles. The summed E-state index contributed by atoms with van der Waals surface area (Å²) in [4.78, 5) is 17.3. The van der Waals surface area contributed by atoms with E-state index >= 15 is 0 Å². The number of carbonyl (C=O) groups excluding carboxylic acids is 1. The number of halogens is 1. The number of nitrogens with two attached hydrogens (primary N) is 1. The number of nitrogens with one attached hydrogen (secondary N) is 1. The topological polar surface area (TPSA) is 98.7 Å². The van der Waals surface area contributed by atoms with E-state index in [0.29, 0.717) is 21.7 Å². The first-order valence-corrected chi connectivity index (χ1v) is 10.6. The Morgan fingerprint density at radius 1 is 1.33 bits per heavy atom. The summed E-state index contributed by atoms with van der Waals surface area (Å²) < 4.78 is 1.68. The quantitative estimate of drug-likeness (QED) is 0.549. The molecule has 0 aliphatic heterocycles. The highest BCUT2D eigenvalue weighted by Crippen LogP contribution is 2.29. The highest BCUT2D eigenvalue weighted by molar-refractivity contribution is 7.99. The fraction of sp³-hybridized carbons (Fsp3) is 0.294. The Kier molecular flexibility index (Phi) is 6.35. The van der Waals surface area contributed by atoms with Crippen LogP contribution in [0.2, 0.25) is 5.02 Å². The number of hydrogen-bond acceptors (Lipinski definition) is 7. The monoisotopic (exact) mass is 422 g/mol. The number of nitrogens with zero attached hydrogens (tertiary/aromatic N) is 4. The van der Waals surface area contributed by atoms with Crippen LogP contribution in [0, 0.1) is 0 Å². The largest absolute Gasteiger partial charge is 0.368 e. The van der Waals surface area contributed by atoms with Crippen molar-refractivity contribution in [2.45, 2.75) is 31.5 Å². The first kappa shape index (κ1) is 19.7. The van der Waals surface area contributed by atoms with Gasteiger partial charge in [-0.15, -0.1) is 21.5 Å². The van der Waals surface area contributed by atoms with E-state index in [1.165, 1.54) is 23.1 Å². The first-order chi connectivity index (χ1) is 13.0. The van der Waals surface area contributed by atoms with Gasteiger partial charge in [0.25, 0.3) is 0 Å². The Labute approximate surface area is 170 Å². The van der Waals surface area contributed by atoms with Gasteiger partial charge in [0.2, 0.25) is 11.9 Å². The molecule has 1 amide bonds. The molecule has 27 heavy (non-hydrogen) atoms. The maximum absolute atomic E-state index is 12.8. The van der Waals surface area contributed by atoms with Crippen molar-refractivity contribution in [3.63, 3.8) is 0 Å². The number of rotatable bonds is 7. The van der Waals surface area contributed by atoms with Crippen molar-refractivity contribution in [1.29, 1.82) is 0 Å². The Morgan fingerprint density at radius 2 is 2.07 bits per heavy atom. The van der Waals surface area contributed by atoms with Gasteiger partial charge in [-0.05, 0) is 24.3 Å². The molecule has 0 bridgehead atoms. The highest BCUT2D eigenvalue weighted by atomic mass is 35.5. The fourth-order valence-electron chi connectivity index (χ4n) is 2.57. The highest BCUT2D eigenvalue weighted by Gasteiger charge is 2.25. The zero-order chi connectivity index (χ0) is 19.4. The zero-order valence-corrected chi connectivity index (χ0v) is 17.2. The molecule has 0 saturated heterocycles. The minimum Gasteiger partial charge on any atom is -0.368 e. The van der Waals surface area contributed by atoms with Gasteiger partial charge < -0.3 is 11.1 Å². The summed E-state index contributed by atoms with van der Waals surface area (Å²) in [5, 5.41) is 14.6. The standard InChI is InChI=1S/C17H19ClN6OS2/c1-3-13(24-15(19)22-23-17(24)26-4-2)14(25)21-16-20-12(9-27-16)10-5-7-11(18)8-6-10/h5-9,13H,3-4H2,1-2H3,(H2,19,22)(H,20,21,25). The van der Waals surface area contributed by atoms with Gasteiger partial charge in [0.15, 0.2) is 10.3 Å². The number of hydrogen-bond donors (Lipinski definition) is 2.